The Balaban J connectivity index is 0.942. The van der Waals surface area contributed by atoms with Crippen LogP contribution < -0.4 is 51.9 Å². The first-order chi connectivity index (χ1) is 37.4. The zero-order valence-electron chi connectivity index (χ0n) is 45.0. The summed E-state index contributed by atoms with van der Waals surface area (Å²) in [4.78, 5) is 43.9. The van der Waals surface area contributed by atoms with Crippen LogP contribution in [0.1, 0.15) is 64.3 Å². The maximum absolute atomic E-state index is 14.7. The van der Waals surface area contributed by atoms with Crippen molar-refractivity contribution in [1.82, 2.24) is 48.9 Å². The van der Waals surface area contributed by atoms with Gasteiger partial charge < -0.3 is 29.6 Å². The number of hydrogen-bond acceptors (Lipinski definition) is 14. The van der Waals surface area contributed by atoms with Crippen molar-refractivity contribution >= 4 is 23.1 Å². The molecule has 0 saturated heterocycles. The summed E-state index contributed by atoms with van der Waals surface area (Å²) in [7, 11) is 3.27. The zero-order valence-corrected chi connectivity index (χ0v) is 45.0. The number of methoxy groups -OCH3 is 2. The molecule has 4 aromatic carbocycles. The van der Waals surface area contributed by atoms with Crippen molar-refractivity contribution in [1.29, 1.82) is 0 Å². The van der Waals surface area contributed by atoms with Gasteiger partial charge in [-0.1, -0.05) is 40.6 Å². The van der Waals surface area contributed by atoms with E-state index in [0.29, 0.717) is 130 Å². The van der Waals surface area contributed by atoms with Gasteiger partial charge in [0.15, 0.2) is 28.8 Å². The van der Waals surface area contributed by atoms with E-state index in [1.165, 1.54) is 6.33 Å². The fraction of sp³-hybridized carbons (Fsp3) is 0.368. The van der Waals surface area contributed by atoms with Crippen LogP contribution in [0.2, 0.25) is 0 Å². The number of aryl methyl sites for hydroxylation is 8. The maximum Gasteiger partial charge on any atom is 0.330 e. The lowest BCUT2D eigenvalue weighted by Gasteiger charge is -2.25. The van der Waals surface area contributed by atoms with Gasteiger partial charge in [-0.2, -0.15) is 0 Å². The molecule has 2 aliphatic heterocycles. The number of aromatic nitrogens is 10. The Labute approximate surface area is 445 Å². The average Bonchev–Trinajstić information content (AvgIpc) is 4.25. The highest BCUT2D eigenvalue weighted by atomic mass is 16.5. The van der Waals surface area contributed by atoms with Crippen molar-refractivity contribution in [2.75, 3.05) is 51.2 Å². The van der Waals surface area contributed by atoms with Crippen molar-refractivity contribution in [2.45, 2.75) is 99.8 Å². The van der Waals surface area contributed by atoms with Crippen molar-refractivity contribution in [3.63, 3.8) is 0 Å². The smallest absolute Gasteiger partial charge is 0.330 e. The van der Waals surface area contributed by atoms with Crippen LogP contribution in [0.4, 0.5) is 23.1 Å². The van der Waals surface area contributed by atoms with Crippen molar-refractivity contribution in [3.05, 3.63) is 150 Å². The molecule has 0 radical (unpaired) electrons. The van der Waals surface area contributed by atoms with Gasteiger partial charge in [-0.3, -0.25) is 28.5 Å². The molecule has 0 bridgehead atoms. The normalized spacial score (nSPS) is 12.9. The molecule has 0 fully saturated rings. The monoisotopic (exact) mass is 1040 g/mol. The summed E-state index contributed by atoms with van der Waals surface area (Å²) in [6, 6.07) is 20.6. The number of H-pyrrole nitrogens is 2. The molecule has 0 aliphatic carbocycles. The van der Waals surface area contributed by atoms with E-state index in [1.807, 2.05) is 66.3 Å². The summed E-state index contributed by atoms with van der Waals surface area (Å²) < 4.78 is 31.5. The lowest BCUT2D eigenvalue weighted by Crippen LogP contribution is -2.43. The van der Waals surface area contributed by atoms with Crippen molar-refractivity contribution < 1.29 is 18.9 Å². The molecule has 0 atom stereocenters. The van der Waals surface area contributed by atoms with Crippen LogP contribution in [0.3, 0.4) is 0 Å². The number of ether oxygens (including phenoxy) is 4. The first kappa shape index (κ1) is 51.8. The number of nitrogens with zero attached hydrogens (tertiary/aromatic N) is 10. The van der Waals surface area contributed by atoms with Crippen LogP contribution in [-0.2, 0) is 45.4 Å². The topological polar surface area (TPSA) is 223 Å². The molecule has 2 aliphatic rings. The summed E-state index contributed by atoms with van der Waals surface area (Å²) in [6.45, 7) is 16.0. The minimum Gasteiger partial charge on any atom is -0.493 e. The molecule has 0 spiro atoms. The highest BCUT2D eigenvalue weighted by molar-refractivity contribution is 5.71. The lowest BCUT2D eigenvalue weighted by atomic mass is 9.96. The number of hydrogen-bond donors (Lipinski definition) is 4. The molecule has 0 saturated carbocycles. The Hall–Kier alpha value is -8.68. The molecule has 8 aromatic rings. The Bertz CT molecular complexity index is 3720. The standard InChI is InChI=1S/C57H66N14O6/c1-9-76-48-26-39-13-18-68-45(42(39)28-46(48)74-7)31-52(70(56(68)72)17-11-15-59-55-60-33-62-66-55)64-54-38(6)24-35(3)25-41(54)12-10-21-77-49-27-40-14-19-69-44(43(40)29-47(49)75-8)30-51(63-53-36(4)22-34(2)23-37(53)5)71(57(69)73)20-16-58-50-32-61-67-65-50/h22-33H,9-21H2,1-8H3,(H2,58,61,65,67)(H2,59,60,62,66)/b63-51+,64-52+. The van der Waals surface area contributed by atoms with E-state index < -0.39 is 0 Å². The van der Waals surface area contributed by atoms with Gasteiger partial charge in [-0.25, -0.2) is 24.6 Å². The molecule has 20 heteroatoms. The van der Waals surface area contributed by atoms with Crippen LogP contribution in [0.15, 0.2) is 92.8 Å². The number of rotatable bonds is 20. The average molecular weight is 1040 g/mol. The number of benzene rings is 4. The van der Waals surface area contributed by atoms with E-state index in [2.05, 4.69) is 86.3 Å². The number of fused-ring (bicyclic) bond motifs is 6. The van der Waals surface area contributed by atoms with Gasteiger partial charge >= 0.3 is 11.4 Å². The van der Waals surface area contributed by atoms with Gasteiger partial charge in [0, 0.05) is 62.5 Å². The Morgan fingerprint density at radius 2 is 1.25 bits per heavy atom. The predicted molar refractivity (Wildman–Crippen MR) is 295 cm³/mol. The maximum atomic E-state index is 14.7. The van der Waals surface area contributed by atoms with Gasteiger partial charge in [0.2, 0.25) is 5.95 Å². The van der Waals surface area contributed by atoms with Crippen LogP contribution >= 0.6 is 0 Å². The lowest BCUT2D eigenvalue weighted by molar-refractivity contribution is 0.289. The van der Waals surface area contributed by atoms with Crippen LogP contribution in [0.5, 0.6) is 23.0 Å². The molecule has 10 rings (SSSR count). The molecule has 4 aromatic heterocycles. The van der Waals surface area contributed by atoms with Gasteiger partial charge in [0.25, 0.3) is 0 Å². The minimum absolute atomic E-state index is 0.133. The fourth-order valence-electron chi connectivity index (χ4n) is 10.7. The molecule has 6 heterocycles. The third kappa shape index (κ3) is 10.9. The third-order valence-electron chi connectivity index (χ3n) is 14.2. The fourth-order valence-corrected chi connectivity index (χ4v) is 10.7. The molecular formula is C57H66N14O6. The summed E-state index contributed by atoms with van der Waals surface area (Å²) >= 11 is 0. The summed E-state index contributed by atoms with van der Waals surface area (Å²) in [5.74, 6) is 3.58. The van der Waals surface area contributed by atoms with Gasteiger partial charge in [-0.15, -0.1) is 10.2 Å². The molecule has 20 nitrogen and oxygen atoms in total. The predicted octanol–water partition coefficient (Wildman–Crippen LogP) is 7.34. The summed E-state index contributed by atoms with van der Waals surface area (Å²) in [6.07, 6.45) is 6.45. The highest BCUT2D eigenvalue weighted by Crippen LogP contribution is 2.40. The van der Waals surface area contributed by atoms with Crippen molar-refractivity contribution in [3.8, 4) is 45.5 Å². The van der Waals surface area contributed by atoms with E-state index in [0.717, 1.165) is 78.4 Å². The molecule has 400 valence electrons. The van der Waals surface area contributed by atoms with E-state index in [9.17, 15) is 9.59 Å². The highest BCUT2D eigenvalue weighted by Gasteiger charge is 2.25. The second-order valence-electron chi connectivity index (χ2n) is 19.6. The molecule has 77 heavy (non-hydrogen) atoms. The summed E-state index contributed by atoms with van der Waals surface area (Å²) in [5.41, 5.74) is 14.3. The number of aromatic amines is 2. The minimum atomic E-state index is -0.152. The van der Waals surface area contributed by atoms with E-state index in [1.54, 1.807) is 29.6 Å². The Morgan fingerprint density at radius 1 is 0.649 bits per heavy atom. The Morgan fingerprint density at radius 3 is 1.83 bits per heavy atom. The van der Waals surface area contributed by atoms with Crippen LogP contribution in [-0.4, -0.2) is 89.4 Å². The molecule has 0 amide bonds. The second kappa shape index (κ2) is 22.7. The second-order valence-corrected chi connectivity index (χ2v) is 19.6. The summed E-state index contributed by atoms with van der Waals surface area (Å²) in [5, 5.41) is 23.9. The largest absolute Gasteiger partial charge is 0.493 e. The van der Waals surface area contributed by atoms with E-state index >= 15 is 0 Å². The number of nitrogens with one attached hydrogen (secondary N) is 4. The first-order valence-electron chi connectivity index (χ1n) is 26.3. The van der Waals surface area contributed by atoms with Crippen LogP contribution in [0, 0.1) is 34.6 Å². The molecule has 0 unspecified atom stereocenters. The zero-order chi connectivity index (χ0) is 53.7. The number of anilines is 2. The quantitative estimate of drug-likeness (QED) is 0.0551. The Kier molecular flexibility index (Phi) is 15.2. The molecular weight excluding hydrogens is 977 g/mol. The van der Waals surface area contributed by atoms with E-state index in [4.69, 9.17) is 28.9 Å². The van der Waals surface area contributed by atoms with Gasteiger partial charge in [-0.05, 0) is 131 Å². The van der Waals surface area contributed by atoms with Crippen LogP contribution in [0.25, 0.3) is 22.5 Å². The van der Waals surface area contributed by atoms with Gasteiger partial charge in [0.1, 0.15) is 17.3 Å². The SMILES string of the molecule is CCOc1cc2c(cc1OC)-c1c/c(=N\c3c(C)cc(C)cc3CCCOc3cc4c(cc3OC)-c3c/c(=N\c5c(C)cc(C)cc5C)n(CCNc5c[nH]nn5)c(=O)n3CC4)n(CCCNc3nc[nH]n3)c(=O)n1CC2. The third-order valence-corrected chi connectivity index (χ3v) is 14.2. The molecule has 4 N–H and O–H groups in total. The first-order valence-corrected chi connectivity index (χ1v) is 26.3. The van der Waals surface area contributed by atoms with Gasteiger partial charge in [0.05, 0.1) is 56.4 Å². The van der Waals surface area contributed by atoms with E-state index in [-0.39, 0.29) is 11.4 Å². The van der Waals surface area contributed by atoms with Crippen molar-refractivity contribution in [2.24, 2.45) is 9.98 Å².